The molecule has 0 radical (unpaired) electrons. The van der Waals surface area contributed by atoms with Gasteiger partial charge in [-0.05, 0) is 61.0 Å². The molecule has 1 amide bonds. The standard InChI is InChI=1S/C24H26N2O5S/c1-3-26(32(2,28)29)21-11-15-23(16-12-21)31-18-24(27)25-20-9-13-22(14-10-20)30-17-19-7-5-4-6-8-19/h4-16H,3,17-18H2,1-2H3,(H,25,27). The lowest BCUT2D eigenvalue weighted by molar-refractivity contribution is -0.118. The second kappa shape index (κ2) is 10.7. The molecular weight excluding hydrogens is 428 g/mol. The summed E-state index contributed by atoms with van der Waals surface area (Å²) in [6.07, 6.45) is 1.16. The van der Waals surface area contributed by atoms with Crippen LogP contribution in [-0.4, -0.2) is 33.7 Å². The molecule has 0 bridgehead atoms. The first-order chi connectivity index (χ1) is 15.3. The highest BCUT2D eigenvalue weighted by Gasteiger charge is 2.15. The fourth-order valence-electron chi connectivity index (χ4n) is 3.04. The maximum absolute atomic E-state index is 12.2. The fourth-order valence-corrected chi connectivity index (χ4v) is 4.01. The maximum Gasteiger partial charge on any atom is 0.262 e. The summed E-state index contributed by atoms with van der Waals surface area (Å²) in [6.45, 7) is 2.39. The second-order valence-corrected chi connectivity index (χ2v) is 8.96. The number of benzene rings is 3. The molecule has 3 aromatic rings. The average Bonchev–Trinajstić information content (AvgIpc) is 2.78. The molecule has 0 aromatic heterocycles. The monoisotopic (exact) mass is 454 g/mol. The van der Waals surface area contributed by atoms with Gasteiger partial charge in [0, 0.05) is 12.2 Å². The van der Waals surface area contributed by atoms with Crippen molar-refractivity contribution in [3.63, 3.8) is 0 Å². The summed E-state index contributed by atoms with van der Waals surface area (Å²) in [7, 11) is -3.34. The van der Waals surface area contributed by atoms with Gasteiger partial charge in [0.05, 0.1) is 11.9 Å². The first kappa shape index (κ1) is 23.1. The van der Waals surface area contributed by atoms with Crippen molar-refractivity contribution >= 4 is 27.3 Å². The molecule has 168 valence electrons. The largest absolute Gasteiger partial charge is 0.489 e. The molecule has 0 fully saturated rings. The van der Waals surface area contributed by atoms with E-state index in [0.717, 1.165) is 11.8 Å². The van der Waals surface area contributed by atoms with Crippen molar-refractivity contribution in [1.82, 2.24) is 0 Å². The molecule has 32 heavy (non-hydrogen) atoms. The number of carbonyl (C=O) groups is 1. The van der Waals surface area contributed by atoms with E-state index < -0.39 is 10.0 Å². The van der Waals surface area contributed by atoms with Crippen molar-refractivity contribution in [2.24, 2.45) is 0 Å². The molecule has 0 atom stereocenters. The summed E-state index contributed by atoms with van der Waals surface area (Å²) in [5.74, 6) is 0.870. The van der Waals surface area contributed by atoms with Crippen LogP contribution in [0.3, 0.4) is 0 Å². The van der Waals surface area contributed by atoms with Gasteiger partial charge >= 0.3 is 0 Å². The molecule has 0 heterocycles. The molecule has 3 aromatic carbocycles. The van der Waals surface area contributed by atoms with Crippen molar-refractivity contribution in [2.75, 3.05) is 29.0 Å². The predicted octanol–water partition coefficient (Wildman–Crippen LogP) is 4.07. The number of sulfonamides is 1. The van der Waals surface area contributed by atoms with E-state index in [1.807, 2.05) is 30.3 Å². The lowest BCUT2D eigenvalue weighted by atomic mass is 10.2. The van der Waals surface area contributed by atoms with E-state index in [4.69, 9.17) is 9.47 Å². The molecular formula is C24H26N2O5S. The molecule has 8 heteroatoms. The quantitative estimate of drug-likeness (QED) is 0.499. The highest BCUT2D eigenvalue weighted by atomic mass is 32.2. The number of hydrogen-bond acceptors (Lipinski definition) is 5. The van der Waals surface area contributed by atoms with Crippen LogP contribution in [0.15, 0.2) is 78.9 Å². The van der Waals surface area contributed by atoms with Crippen molar-refractivity contribution in [3.05, 3.63) is 84.4 Å². The number of anilines is 2. The Labute approximate surface area is 188 Å². The highest BCUT2D eigenvalue weighted by molar-refractivity contribution is 7.92. The predicted molar refractivity (Wildman–Crippen MR) is 126 cm³/mol. The van der Waals surface area contributed by atoms with Gasteiger partial charge in [-0.1, -0.05) is 30.3 Å². The number of nitrogens with zero attached hydrogens (tertiary/aromatic N) is 1. The van der Waals surface area contributed by atoms with E-state index in [2.05, 4.69) is 5.32 Å². The van der Waals surface area contributed by atoms with Crippen molar-refractivity contribution in [1.29, 1.82) is 0 Å². The van der Waals surface area contributed by atoms with E-state index in [-0.39, 0.29) is 12.5 Å². The van der Waals surface area contributed by atoms with Crippen molar-refractivity contribution in [2.45, 2.75) is 13.5 Å². The average molecular weight is 455 g/mol. The maximum atomic E-state index is 12.2. The van der Waals surface area contributed by atoms with Crippen LogP contribution in [0.2, 0.25) is 0 Å². The summed E-state index contributed by atoms with van der Waals surface area (Å²) >= 11 is 0. The Morgan fingerprint density at radius 3 is 2.06 bits per heavy atom. The topological polar surface area (TPSA) is 84.9 Å². The zero-order chi connectivity index (χ0) is 23.0. The zero-order valence-electron chi connectivity index (χ0n) is 18.0. The minimum Gasteiger partial charge on any atom is -0.489 e. The highest BCUT2D eigenvalue weighted by Crippen LogP contribution is 2.22. The van der Waals surface area contributed by atoms with Crippen LogP contribution in [0.4, 0.5) is 11.4 Å². The first-order valence-electron chi connectivity index (χ1n) is 10.1. The van der Waals surface area contributed by atoms with E-state index in [1.54, 1.807) is 55.5 Å². The Kier molecular flexibility index (Phi) is 7.72. The van der Waals surface area contributed by atoms with Crippen LogP contribution >= 0.6 is 0 Å². The Hall–Kier alpha value is -3.52. The Morgan fingerprint density at radius 1 is 0.875 bits per heavy atom. The van der Waals surface area contributed by atoms with Gasteiger partial charge < -0.3 is 14.8 Å². The number of amides is 1. The van der Waals surface area contributed by atoms with Crippen molar-refractivity contribution < 1.29 is 22.7 Å². The molecule has 0 unspecified atom stereocenters. The molecule has 0 aliphatic rings. The zero-order valence-corrected chi connectivity index (χ0v) is 18.8. The van der Waals surface area contributed by atoms with Gasteiger partial charge in [-0.2, -0.15) is 0 Å². The number of hydrogen-bond donors (Lipinski definition) is 1. The van der Waals surface area contributed by atoms with Gasteiger partial charge in [0.25, 0.3) is 5.91 Å². The third-order valence-corrected chi connectivity index (χ3v) is 5.84. The lowest BCUT2D eigenvalue weighted by Gasteiger charge is -2.20. The van der Waals surface area contributed by atoms with E-state index in [9.17, 15) is 13.2 Å². The third-order valence-electron chi connectivity index (χ3n) is 4.57. The van der Waals surface area contributed by atoms with Gasteiger partial charge in [-0.15, -0.1) is 0 Å². The molecule has 0 aliphatic carbocycles. The minimum atomic E-state index is -3.34. The molecule has 0 saturated carbocycles. The van der Waals surface area contributed by atoms with Crippen LogP contribution in [0.1, 0.15) is 12.5 Å². The lowest BCUT2D eigenvalue weighted by Crippen LogP contribution is -2.29. The summed E-state index contributed by atoms with van der Waals surface area (Å²) < 4.78 is 36.1. The third kappa shape index (κ3) is 6.75. The van der Waals surface area contributed by atoms with E-state index in [1.165, 1.54) is 4.31 Å². The minimum absolute atomic E-state index is 0.171. The van der Waals surface area contributed by atoms with Crippen LogP contribution in [0, 0.1) is 0 Å². The van der Waals surface area contributed by atoms with Gasteiger partial charge in [0.1, 0.15) is 18.1 Å². The van der Waals surface area contributed by atoms with Gasteiger partial charge in [0.2, 0.25) is 10.0 Å². The molecule has 3 rings (SSSR count). The Balaban J connectivity index is 1.47. The van der Waals surface area contributed by atoms with Crippen LogP contribution in [-0.2, 0) is 21.4 Å². The van der Waals surface area contributed by atoms with Crippen LogP contribution in [0.25, 0.3) is 0 Å². The number of rotatable bonds is 10. The Morgan fingerprint density at radius 2 is 1.47 bits per heavy atom. The smallest absolute Gasteiger partial charge is 0.262 e. The summed E-state index contributed by atoms with van der Waals surface area (Å²) in [5.41, 5.74) is 2.25. The Bertz CT molecular complexity index is 1120. The van der Waals surface area contributed by atoms with Gasteiger partial charge in [0.15, 0.2) is 6.61 Å². The molecule has 0 saturated heterocycles. The summed E-state index contributed by atoms with van der Waals surface area (Å²) in [4.78, 5) is 12.2. The number of ether oxygens (including phenoxy) is 2. The summed E-state index contributed by atoms with van der Waals surface area (Å²) in [6, 6.07) is 23.5. The van der Waals surface area contributed by atoms with Gasteiger partial charge in [-0.3, -0.25) is 9.10 Å². The van der Waals surface area contributed by atoms with Crippen LogP contribution in [0.5, 0.6) is 11.5 Å². The normalized spacial score (nSPS) is 10.9. The van der Waals surface area contributed by atoms with Gasteiger partial charge in [-0.25, -0.2) is 8.42 Å². The second-order valence-electron chi connectivity index (χ2n) is 7.06. The number of carbonyl (C=O) groups excluding carboxylic acids is 1. The SMILES string of the molecule is CCN(c1ccc(OCC(=O)Nc2ccc(OCc3ccccc3)cc2)cc1)S(C)(=O)=O. The van der Waals surface area contributed by atoms with Crippen LogP contribution < -0.4 is 19.1 Å². The first-order valence-corrected chi connectivity index (χ1v) is 12.0. The molecule has 1 N–H and O–H groups in total. The number of nitrogens with one attached hydrogen (secondary N) is 1. The van der Waals surface area contributed by atoms with E-state index >= 15 is 0 Å². The van der Waals surface area contributed by atoms with E-state index in [0.29, 0.717) is 36.0 Å². The molecule has 0 spiro atoms. The molecule has 7 nitrogen and oxygen atoms in total. The fraction of sp³-hybridized carbons (Fsp3) is 0.208. The van der Waals surface area contributed by atoms with Crippen molar-refractivity contribution in [3.8, 4) is 11.5 Å². The summed E-state index contributed by atoms with van der Waals surface area (Å²) in [5, 5.41) is 2.76. The molecule has 0 aliphatic heterocycles.